The Kier molecular flexibility index (Phi) is 4.46. The number of nitrogens with one attached hydrogen (secondary N) is 1. The lowest BCUT2D eigenvalue weighted by Gasteiger charge is -2.15. The summed E-state index contributed by atoms with van der Waals surface area (Å²) in [5, 5.41) is 22.5. The number of aliphatic hydroxyl groups excluding tert-OH is 1. The maximum absolute atomic E-state index is 13.6. The first-order valence-electron chi connectivity index (χ1n) is 6.50. The van der Waals surface area contributed by atoms with Crippen molar-refractivity contribution >= 4 is 11.6 Å². The van der Waals surface area contributed by atoms with E-state index in [9.17, 15) is 28.8 Å². The molecule has 2 N–H and O–H groups in total. The molecule has 1 fully saturated rings. The van der Waals surface area contributed by atoms with E-state index < -0.39 is 39.8 Å². The van der Waals surface area contributed by atoms with Gasteiger partial charge in [0.2, 0.25) is 5.82 Å². The van der Waals surface area contributed by atoms with E-state index in [2.05, 4.69) is 5.32 Å². The second kappa shape index (κ2) is 6.13. The van der Waals surface area contributed by atoms with E-state index in [1.807, 2.05) is 0 Å². The van der Waals surface area contributed by atoms with Gasteiger partial charge >= 0.3 is 5.69 Å². The molecule has 1 saturated carbocycles. The van der Waals surface area contributed by atoms with Crippen molar-refractivity contribution in [1.82, 2.24) is 5.32 Å². The van der Waals surface area contributed by atoms with Gasteiger partial charge in [0.25, 0.3) is 5.91 Å². The van der Waals surface area contributed by atoms with Crippen LogP contribution in [0.3, 0.4) is 0 Å². The number of carbonyl (C=O) groups excluding carboxylic acids is 1. The fourth-order valence-electron chi connectivity index (χ4n) is 2.42. The Bertz CT molecular complexity index is 580. The van der Waals surface area contributed by atoms with Crippen LogP contribution >= 0.6 is 0 Å². The first kappa shape index (κ1) is 15.3. The molecule has 21 heavy (non-hydrogen) atoms. The Labute approximate surface area is 118 Å². The van der Waals surface area contributed by atoms with Crippen molar-refractivity contribution in [3.8, 4) is 0 Å². The van der Waals surface area contributed by atoms with E-state index in [4.69, 9.17) is 0 Å². The van der Waals surface area contributed by atoms with Crippen molar-refractivity contribution in [2.45, 2.75) is 25.4 Å². The van der Waals surface area contributed by atoms with Crippen molar-refractivity contribution in [3.63, 3.8) is 0 Å². The molecule has 2 rings (SSSR count). The van der Waals surface area contributed by atoms with Gasteiger partial charge in [-0.1, -0.05) is 6.42 Å². The number of halogens is 2. The number of hydrogen-bond donors (Lipinski definition) is 2. The molecule has 1 aliphatic rings. The van der Waals surface area contributed by atoms with E-state index in [0.29, 0.717) is 18.6 Å². The largest absolute Gasteiger partial charge is 0.393 e. The highest BCUT2D eigenvalue weighted by molar-refractivity contribution is 5.94. The second-order valence-corrected chi connectivity index (χ2v) is 5.01. The van der Waals surface area contributed by atoms with Crippen LogP contribution in [0.15, 0.2) is 12.1 Å². The summed E-state index contributed by atoms with van der Waals surface area (Å²) in [5.41, 5.74) is -1.61. The second-order valence-electron chi connectivity index (χ2n) is 5.01. The van der Waals surface area contributed by atoms with E-state index >= 15 is 0 Å². The summed E-state index contributed by atoms with van der Waals surface area (Å²) in [6.07, 6.45) is 1.74. The minimum atomic E-state index is -1.27. The topological polar surface area (TPSA) is 92.5 Å². The first-order chi connectivity index (χ1) is 9.90. The number of nitrogens with zero attached hydrogens (tertiary/aromatic N) is 1. The number of hydrogen-bond acceptors (Lipinski definition) is 4. The summed E-state index contributed by atoms with van der Waals surface area (Å²) < 4.78 is 27.1. The maximum Gasteiger partial charge on any atom is 0.307 e. The van der Waals surface area contributed by atoms with Crippen LogP contribution in [0, 0.1) is 27.7 Å². The predicted octanol–water partition coefficient (Wildman–Crippen LogP) is 1.76. The third-order valence-corrected chi connectivity index (χ3v) is 3.62. The molecule has 8 heteroatoms. The SMILES string of the molecule is O=C(NCC1CCCC1O)c1cc(F)c([N+](=O)[O-])cc1F. The molecule has 6 nitrogen and oxygen atoms in total. The molecule has 0 heterocycles. The quantitative estimate of drug-likeness (QED) is 0.654. The summed E-state index contributed by atoms with van der Waals surface area (Å²) in [7, 11) is 0. The average molecular weight is 300 g/mol. The first-order valence-corrected chi connectivity index (χ1v) is 6.50. The standard InChI is InChI=1S/C13H14F2N2O4/c14-9-5-11(17(20)21)10(15)4-8(9)13(19)16-6-7-2-1-3-12(7)18/h4-5,7,12,18H,1-3,6H2,(H,16,19). The zero-order valence-electron chi connectivity index (χ0n) is 11.0. The van der Waals surface area contributed by atoms with Crippen LogP contribution in [-0.4, -0.2) is 28.6 Å². The highest BCUT2D eigenvalue weighted by Crippen LogP contribution is 2.25. The van der Waals surface area contributed by atoms with Crippen LogP contribution in [-0.2, 0) is 0 Å². The van der Waals surface area contributed by atoms with Gasteiger partial charge in [-0.2, -0.15) is 4.39 Å². The van der Waals surface area contributed by atoms with Crippen LogP contribution in [0.25, 0.3) is 0 Å². The van der Waals surface area contributed by atoms with Gasteiger partial charge in [-0.25, -0.2) is 4.39 Å². The smallest absolute Gasteiger partial charge is 0.307 e. The van der Waals surface area contributed by atoms with E-state index in [-0.39, 0.29) is 12.5 Å². The van der Waals surface area contributed by atoms with Crippen molar-refractivity contribution in [2.75, 3.05) is 6.54 Å². The number of rotatable bonds is 4. The van der Waals surface area contributed by atoms with Gasteiger partial charge in [0.1, 0.15) is 5.82 Å². The minimum Gasteiger partial charge on any atom is -0.393 e. The number of nitro groups is 1. The van der Waals surface area contributed by atoms with Crippen molar-refractivity contribution in [3.05, 3.63) is 39.4 Å². The monoisotopic (exact) mass is 300 g/mol. The van der Waals surface area contributed by atoms with Crippen LogP contribution < -0.4 is 5.32 Å². The zero-order chi connectivity index (χ0) is 15.6. The number of amides is 1. The Morgan fingerprint density at radius 2 is 2.10 bits per heavy atom. The van der Waals surface area contributed by atoms with Gasteiger partial charge in [0, 0.05) is 12.5 Å². The molecule has 0 saturated heterocycles. The number of nitro benzene ring substituents is 1. The third kappa shape index (κ3) is 3.33. The molecule has 0 spiro atoms. The Balaban J connectivity index is 2.09. The van der Waals surface area contributed by atoms with Crippen LogP contribution in [0.2, 0.25) is 0 Å². The van der Waals surface area contributed by atoms with Crippen molar-refractivity contribution in [1.29, 1.82) is 0 Å². The average Bonchev–Trinajstić information content (AvgIpc) is 2.83. The van der Waals surface area contributed by atoms with Crippen LogP contribution in [0.1, 0.15) is 29.6 Å². The highest BCUT2D eigenvalue weighted by Gasteiger charge is 2.27. The molecule has 114 valence electrons. The Hall–Kier alpha value is -2.09. The number of aliphatic hydroxyl groups is 1. The molecule has 1 aromatic carbocycles. The summed E-state index contributed by atoms with van der Waals surface area (Å²) in [6.45, 7) is 0.151. The Morgan fingerprint density at radius 1 is 1.38 bits per heavy atom. The molecule has 1 amide bonds. The molecule has 0 aromatic heterocycles. The van der Waals surface area contributed by atoms with Gasteiger partial charge in [-0.3, -0.25) is 14.9 Å². The molecule has 0 radical (unpaired) electrons. The van der Waals surface area contributed by atoms with E-state index in [1.54, 1.807) is 0 Å². The van der Waals surface area contributed by atoms with Crippen molar-refractivity contribution < 1.29 is 23.6 Å². The lowest BCUT2D eigenvalue weighted by Crippen LogP contribution is -2.33. The van der Waals surface area contributed by atoms with Gasteiger partial charge < -0.3 is 10.4 Å². The lowest BCUT2D eigenvalue weighted by molar-refractivity contribution is -0.387. The summed E-state index contributed by atoms with van der Waals surface area (Å²) in [4.78, 5) is 21.2. The normalized spacial score (nSPS) is 21.3. The fourth-order valence-corrected chi connectivity index (χ4v) is 2.42. The number of carbonyl (C=O) groups is 1. The lowest BCUT2D eigenvalue weighted by atomic mass is 10.1. The number of benzene rings is 1. The molecular formula is C13H14F2N2O4. The summed E-state index contributed by atoms with van der Waals surface area (Å²) >= 11 is 0. The zero-order valence-corrected chi connectivity index (χ0v) is 11.0. The minimum absolute atomic E-state index is 0.111. The molecule has 2 atom stereocenters. The fraction of sp³-hybridized carbons (Fsp3) is 0.462. The van der Waals surface area contributed by atoms with E-state index in [1.165, 1.54) is 0 Å². The van der Waals surface area contributed by atoms with Gasteiger partial charge in [-0.05, 0) is 18.9 Å². The molecule has 0 bridgehead atoms. The van der Waals surface area contributed by atoms with E-state index in [0.717, 1.165) is 12.8 Å². The van der Waals surface area contributed by atoms with Crippen LogP contribution in [0.4, 0.5) is 14.5 Å². The molecule has 1 aliphatic carbocycles. The molecule has 1 aromatic rings. The molecule has 0 aliphatic heterocycles. The summed E-state index contributed by atoms with van der Waals surface area (Å²) in [5.74, 6) is -3.40. The van der Waals surface area contributed by atoms with Crippen LogP contribution in [0.5, 0.6) is 0 Å². The highest BCUT2D eigenvalue weighted by atomic mass is 19.1. The summed E-state index contributed by atoms with van der Waals surface area (Å²) in [6, 6.07) is 0.891. The van der Waals surface area contributed by atoms with Crippen molar-refractivity contribution in [2.24, 2.45) is 5.92 Å². The van der Waals surface area contributed by atoms with Gasteiger partial charge in [0.05, 0.1) is 22.7 Å². The molecule has 2 unspecified atom stereocenters. The van der Waals surface area contributed by atoms with Gasteiger partial charge in [-0.15, -0.1) is 0 Å². The third-order valence-electron chi connectivity index (χ3n) is 3.62. The van der Waals surface area contributed by atoms with Gasteiger partial charge in [0.15, 0.2) is 0 Å². The Morgan fingerprint density at radius 3 is 2.67 bits per heavy atom. The molecular weight excluding hydrogens is 286 g/mol. The maximum atomic E-state index is 13.6. The predicted molar refractivity (Wildman–Crippen MR) is 68.7 cm³/mol.